The molecule has 4 heteroatoms. The van der Waals surface area contributed by atoms with Crippen molar-refractivity contribution < 1.29 is 9.59 Å². The Morgan fingerprint density at radius 2 is 1.05 bits per heavy atom. The summed E-state index contributed by atoms with van der Waals surface area (Å²) in [5, 5.41) is 0. The first-order valence-electron chi connectivity index (χ1n) is 15.7. The highest BCUT2D eigenvalue weighted by Crippen LogP contribution is 2.38. The van der Waals surface area contributed by atoms with E-state index in [1.54, 1.807) is 0 Å². The predicted molar refractivity (Wildman–Crippen MR) is 161 cm³/mol. The number of rotatable bonds is 12. The summed E-state index contributed by atoms with van der Waals surface area (Å²) in [6.07, 6.45) is 17.2. The Morgan fingerprint density at radius 3 is 1.46 bits per heavy atom. The van der Waals surface area contributed by atoms with Gasteiger partial charge in [-0.25, -0.2) is 0 Å². The quantitative estimate of drug-likeness (QED) is 0.226. The van der Waals surface area contributed by atoms with Crippen LogP contribution in [0.1, 0.15) is 122 Å². The zero-order valence-corrected chi connectivity index (χ0v) is 24.4. The van der Waals surface area contributed by atoms with E-state index in [1.807, 2.05) is 12.1 Å². The first-order chi connectivity index (χ1) is 19.0. The van der Waals surface area contributed by atoms with Crippen molar-refractivity contribution in [3.8, 4) is 11.1 Å². The molecule has 0 spiro atoms. The summed E-state index contributed by atoms with van der Waals surface area (Å²) < 4.78 is 0. The van der Waals surface area contributed by atoms with E-state index in [9.17, 15) is 9.59 Å². The molecule has 5 rings (SSSR count). The van der Waals surface area contributed by atoms with Crippen molar-refractivity contribution in [1.29, 1.82) is 0 Å². The molecule has 210 valence electrons. The fourth-order valence-corrected chi connectivity index (χ4v) is 7.23. The van der Waals surface area contributed by atoms with Gasteiger partial charge in [-0.15, -0.1) is 0 Å². The minimum Gasteiger partial charge on any atom is -0.303 e. The maximum atomic E-state index is 13.0. The molecule has 3 aliphatic carbocycles. The molecular weight excluding hydrogens is 480 g/mol. The van der Waals surface area contributed by atoms with Crippen LogP contribution in [-0.4, -0.2) is 60.6 Å². The molecule has 0 radical (unpaired) electrons. The Labute approximate surface area is 236 Å². The van der Waals surface area contributed by atoms with E-state index < -0.39 is 0 Å². The van der Waals surface area contributed by atoms with Gasteiger partial charge in [0.15, 0.2) is 11.6 Å². The molecule has 0 unspecified atom stereocenters. The molecule has 4 nitrogen and oxygen atoms in total. The summed E-state index contributed by atoms with van der Waals surface area (Å²) in [7, 11) is 4.45. The third-order valence-corrected chi connectivity index (χ3v) is 9.75. The molecule has 39 heavy (non-hydrogen) atoms. The topological polar surface area (TPSA) is 40.6 Å². The number of carbonyl (C=O) groups is 2. The first kappa shape index (κ1) is 28.2. The Kier molecular flexibility index (Phi) is 9.68. The fraction of sp³-hybridized carbons (Fsp3) is 0.600. The fourth-order valence-electron chi connectivity index (χ4n) is 7.23. The maximum absolute atomic E-state index is 13.0. The molecule has 2 aromatic carbocycles. The standard InChI is InChI=1S/C35H48N2O2/c1-36(30-11-5-3-6-12-30)21-9-15-34(38)26-17-19-32-28(23-26)25-29-24-27(18-20-33(29)32)35(39)16-10-22-37(2)31-13-7-4-8-14-31/h17-20,23-24,30-31H,3-16,21-22,25H2,1-2H3. The van der Waals surface area contributed by atoms with Crippen molar-refractivity contribution in [2.45, 2.75) is 108 Å². The van der Waals surface area contributed by atoms with Gasteiger partial charge < -0.3 is 9.80 Å². The number of ketones is 2. The third-order valence-electron chi connectivity index (χ3n) is 9.75. The van der Waals surface area contributed by atoms with Crippen molar-refractivity contribution in [1.82, 2.24) is 9.80 Å². The van der Waals surface area contributed by atoms with Gasteiger partial charge in [-0.3, -0.25) is 9.59 Å². The number of fused-ring (bicyclic) bond motifs is 3. The second kappa shape index (κ2) is 13.4. The number of benzene rings is 2. The average Bonchev–Trinajstić information content (AvgIpc) is 3.35. The molecule has 3 aliphatic rings. The SMILES string of the molecule is CN(CCCC(=O)c1ccc2c(c1)Cc1cc(C(=O)CCCN(C)C3CCCCC3)ccc1-2)C1CCCCC1. The van der Waals surface area contributed by atoms with Gasteiger partial charge in [0.25, 0.3) is 0 Å². The first-order valence-corrected chi connectivity index (χ1v) is 15.7. The summed E-state index contributed by atoms with van der Waals surface area (Å²) >= 11 is 0. The summed E-state index contributed by atoms with van der Waals surface area (Å²) in [6, 6.07) is 13.8. The number of carbonyl (C=O) groups excluding carboxylic acids is 2. The van der Waals surface area contributed by atoms with E-state index in [0.29, 0.717) is 24.9 Å². The van der Waals surface area contributed by atoms with E-state index >= 15 is 0 Å². The van der Waals surface area contributed by atoms with Crippen LogP contribution in [0.25, 0.3) is 11.1 Å². The lowest BCUT2D eigenvalue weighted by Gasteiger charge is -2.31. The van der Waals surface area contributed by atoms with Crippen LogP contribution in [0.2, 0.25) is 0 Å². The molecule has 0 N–H and O–H groups in total. The second-order valence-corrected chi connectivity index (χ2v) is 12.5. The number of hydrogen-bond acceptors (Lipinski definition) is 4. The lowest BCUT2D eigenvalue weighted by molar-refractivity contribution is 0.0963. The van der Waals surface area contributed by atoms with Crippen LogP contribution >= 0.6 is 0 Å². The largest absolute Gasteiger partial charge is 0.303 e. The normalized spacial score (nSPS) is 17.9. The van der Waals surface area contributed by atoms with Gasteiger partial charge in [-0.05, 0) is 107 Å². The molecule has 0 heterocycles. The third kappa shape index (κ3) is 7.08. The maximum Gasteiger partial charge on any atom is 0.162 e. The molecule has 2 fully saturated rings. The molecule has 0 aromatic heterocycles. The molecular formula is C35H48N2O2. The van der Waals surface area contributed by atoms with Crippen LogP contribution in [0.5, 0.6) is 0 Å². The van der Waals surface area contributed by atoms with Gasteiger partial charge in [0.1, 0.15) is 0 Å². The molecule has 0 bridgehead atoms. The van der Waals surface area contributed by atoms with Crippen molar-refractivity contribution in [2.24, 2.45) is 0 Å². The van der Waals surface area contributed by atoms with E-state index in [-0.39, 0.29) is 11.6 Å². The molecule has 2 aromatic rings. The van der Waals surface area contributed by atoms with Gasteiger partial charge in [-0.2, -0.15) is 0 Å². The van der Waals surface area contributed by atoms with E-state index in [1.165, 1.54) is 86.5 Å². The molecule has 0 saturated heterocycles. The molecule has 2 saturated carbocycles. The van der Waals surface area contributed by atoms with Crippen LogP contribution in [-0.2, 0) is 6.42 Å². The smallest absolute Gasteiger partial charge is 0.162 e. The number of nitrogens with zero attached hydrogens (tertiary/aromatic N) is 2. The minimum absolute atomic E-state index is 0.250. The predicted octanol–water partition coefficient (Wildman–Crippen LogP) is 7.71. The van der Waals surface area contributed by atoms with E-state index in [4.69, 9.17) is 0 Å². The van der Waals surface area contributed by atoms with Gasteiger partial charge in [0, 0.05) is 36.1 Å². The highest BCUT2D eigenvalue weighted by Gasteiger charge is 2.23. The van der Waals surface area contributed by atoms with Crippen LogP contribution < -0.4 is 0 Å². The average molecular weight is 529 g/mol. The van der Waals surface area contributed by atoms with Gasteiger partial charge >= 0.3 is 0 Å². The van der Waals surface area contributed by atoms with Gasteiger partial charge in [0.2, 0.25) is 0 Å². The van der Waals surface area contributed by atoms with Crippen molar-refractivity contribution in [3.05, 3.63) is 58.7 Å². The number of hydrogen-bond donors (Lipinski definition) is 0. The van der Waals surface area contributed by atoms with Crippen LogP contribution in [0.3, 0.4) is 0 Å². The Balaban J connectivity index is 1.11. The molecule has 0 amide bonds. The second-order valence-electron chi connectivity index (χ2n) is 12.5. The van der Waals surface area contributed by atoms with Crippen molar-refractivity contribution in [2.75, 3.05) is 27.2 Å². The summed E-state index contributed by atoms with van der Waals surface area (Å²) in [6.45, 7) is 2.00. The van der Waals surface area contributed by atoms with Crippen LogP contribution in [0.15, 0.2) is 36.4 Å². The summed E-state index contributed by atoms with van der Waals surface area (Å²) in [5.41, 5.74) is 6.53. The van der Waals surface area contributed by atoms with Gasteiger partial charge in [0.05, 0.1) is 0 Å². The lowest BCUT2D eigenvalue weighted by Crippen LogP contribution is -2.34. The van der Waals surface area contributed by atoms with Crippen molar-refractivity contribution >= 4 is 11.6 Å². The van der Waals surface area contributed by atoms with E-state index in [0.717, 1.165) is 43.5 Å². The van der Waals surface area contributed by atoms with Crippen LogP contribution in [0, 0.1) is 0 Å². The van der Waals surface area contributed by atoms with Gasteiger partial charge in [-0.1, -0.05) is 62.8 Å². The highest BCUT2D eigenvalue weighted by molar-refractivity contribution is 5.99. The minimum atomic E-state index is 0.250. The van der Waals surface area contributed by atoms with Crippen molar-refractivity contribution in [3.63, 3.8) is 0 Å². The summed E-state index contributed by atoms with van der Waals surface area (Å²) in [4.78, 5) is 30.9. The molecule has 0 atom stereocenters. The zero-order valence-electron chi connectivity index (χ0n) is 24.4. The molecule has 0 aliphatic heterocycles. The van der Waals surface area contributed by atoms with E-state index in [2.05, 4.69) is 48.2 Å². The summed E-state index contributed by atoms with van der Waals surface area (Å²) in [5.74, 6) is 0.500. The number of Topliss-reactive ketones (excluding diaryl/α,β-unsaturated/α-hetero) is 2. The lowest BCUT2D eigenvalue weighted by atomic mass is 9.94. The monoisotopic (exact) mass is 528 g/mol. The van der Waals surface area contributed by atoms with Crippen LogP contribution in [0.4, 0.5) is 0 Å². The zero-order chi connectivity index (χ0) is 27.2. The Hall–Kier alpha value is -2.30. The Morgan fingerprint density at radius 1 is 0.641 bits per heavy atom. The Bertz CT molecular complexity index is 1050. The highest BCUT2D eigenvalue weighted by atomic mass is 16.1.